The molecule has 28 heavy (non-hydrogen) atoms. The second-order valence-electron chi connectivity index (χ2n) is 7.32. The standard InChI is InChI=1S/C22H22N6/c1-2-4-18(5-3-1)20-6-7-21-24-25-22(28(21)26-20)19-10-14-27(15-11-19)16-17-8-12-23-13-9-17/h1-9,12-13,19H,10-11,14-16H2. The van der Waals surface area contributed by atoms with Crippen LogP contribution in [-0.4, -0.2) is 42.8 Å². The Hall–Kier alpha value is -3.12. The van der Waals surface area contributed by atoms with Crippen molar-refractivity contribution < 1.29 is 0 Å². The maximum atomic E-state index is 4.84. The Morgan fingerprint density at radius 1 is 0.857 bits per heavy atom. The SMILES string of the molecule is c1ccc(-c2ccc3nnc(C4CCN(Cc5ccncc5)CC4)n3n2)cc1. The summed E-state index contributed by atoms with van der Waals surface area (Å²) in [4.78, 5) is 6.60. The van der Waals surface area contributed by atoms with Gasteiger partial charge in [0.15, 0.2) is 11.5 Å². The Morgan fingerprint density at radius 3 is 2.43 bits per heavy atom. The second kappa shape index (κ2) is 7.48. The van der Waals surface area contributed by atoms with Crippen LogP contribution in [0.3, 0.4) is 0 Å². The fourth-order valence-corrected chi connectivity index (χ4v) is 3.92. The first-order valence-electron chi connectivity index (χ1n) is 9.76. The molecule has 0 radical (unpaired) electrons. The zero-order valence-corrected chi connectivity index (χ0v) is 15.6. The van der Waals surface area contributed by atoms with Crippen LogP contribution in [0.15, 0.2) is 67.0 Å². The minimum Gasteiger partial charge on any atom is -0.299 e. The molecule has 1 aliphatic rings. The highest BCUT2D eigenvalue weighted by atomic mass is 15.4. The quantitative estimate of drug-likeness (QED) is 0.550. The first-order valence-corrected chi connectivity index (χ1v) is 9.76. The zero-order chi connectivity index (χ0) is 18.8. The lowest BCUT2D eigenvalue weighted by molar-refractivity contribution is 0.201. The highest BCUT2D eigenvalue weighted by Gasteiger charge is 2.25. The Balaban J connectivity index is 1.34. The van der Waals surface area contributed by atoms with E-state index in [2.05, 4.69) is 44.3 Å². The van der Waals surface area contributed by atoms with Crippen LogP contribution in [0, 0.1) is 0 Å². The number of likely N-dealkylation sites (tertiary alicyclic amines) is 1. The summed E-state index contributed by atoms with van der Waals surface area (Å²) in [6.07, 6.45) is 5.87. The Bertz CT molecular complexity index is 1050. The number of fused-ring (bicyclic) bond motifs is 1. The Labute approximate surface area is 163 Å². The van der Waals surface area contributed by atoms with Crippen molar-refractivity contribution in [3.05, 3.63) is 78.4 Å². The van der Waals surface area contributed by atoms with Gasteiger partial charge in [0, 0.05) is 30.4 Å². The van der Waals surface area contributed by atoms with Crippen LogP contribution in [0.1, 0.15) is 30.1 Å². The lowest BCUT2D eigenvalue weighted by Crippen LogP contribution is -2.33. The molecule has 0 saturated carbocycles. The van der Waals surface area contributed by atoms with Gasteiger partial charge in [-0.2, -0.15) is 9.61 Å². The van der Waals surface area contributed by atoms with Crippen LogP contribution >= 0.6 is 0 Å². The summed E-state index contributed by atoms with van der Waals surface area (Å²) in [7, 11) is 0. The van der Waals surface area contributed by atoms with Gasteiger partial charge in [-0.3, -0.25) is 9.88 Å². The number of benzene rings is 1. The molecule has 6 heteroatoms. The molecule has 6 nitrogen and oxygen atoms in total. The van der Waals surface area contributed by atoms with Gasteiger partial charge in [0.1, 0.15) is 0 Å². The van der Waals surface area contributed by atoms with E-state index in [1.54, 1.807) is 0 Å². The zero-order valence-electron chi connectivity index (χ0n) is 15.6. The van der Waals surface area contributed by atoms with Crippen LogP contribution in [0.2, 0.25) is 0 Å². The Morgan fingerprint density at radius 2 is 1.64 bits per heavy atom. The summed E-state index contributed by atoms with van der Waals surface area (Å²) in [5.74, 6) is 1.37. The molecule has 4 aromatic rings. The Kier molecular flexibility index (Phi) is 4.54. The van der Waals surface area contributed by atoms with Crippen molar-refractivity contribution in [2.24, 2.45) is 0 Å². The largest absolute Gasteiger partial charge is 0.299 e. The molecule has 1 aliphatic heterocycles. The first kappa shape index (κ1) is 17.0. The molecular formula is C22H22N6. The van der Waals surface area contributed by atoms with Crippen molar-refractivity contribution in [3.63, 3.8) is 0 Å². The van der Waals surface area contributed by atoms with E-state index < -0.39 is 0 Å². The molecule has 0 aliphatic carbocycles. The van der Waals surface area contributed by atoms with Crippen LogP contribution in [0.5, 0.6) is 0 Å². The molecular weight excluding hydrogens is 348 g/mol. The molecule has 0 spiro atoms. The van der Waals surface area contributed by atoms with E-state index in [4.69, 9.17) is 5.10 Å². The van der Waals surface area contributed by atoms with Gasteiger partial charge in [-0.1, -0.05) is 30.3 Å². The summed E-state index contributed by atoms with van der Waals surface area (Å²) in [5, 5.41) is 13.7. The molecule has 0 atom stereocenters. The van der Waals surface area contributed by atoms with Gasteiger partial charge in [0.25, 0.3) is 0 Å². The van der Waals surface area contributed by atoms with Gasteiger partial charge in [0.05, 0.1) is 5.69 Å². The number of hydrogen-bond donors (Lipinski definition) is 0. The van der Waals surface area contributed by atoms with Crippen molar-refractivity contribution in [1.29, 1.82) is 0 Å². The van der Waals surface area contributed by atoms with Crippen LogP contribution in [-0.2, 0) is 6.54 Å². The molecule has 0 N–H and O–H groups in total. The van der Waals surface area contributed by atoms with Gasteiger partial charge in [-0.15, -0.1) is 10.2 Å². The van der Waals surface area contributed by atoms with E-state index in [-0.39, 0.29) is 0 Å². The molecule has 1 aromatic carbocycles. The average Bonchev–Trinajstić information content (AvgIpc) is 3.19. The van der Waals surface area contributed by atoms with Crippen molar-refractivity contribution in [3.8, 4) is 11.3 Å². The fraction of sp³-hybridized carbons (Fsp3) is 0.273. The molecule has 1 saturated heterocycles. The van der Waals surface area contributed by atoms with Gasteiger partial charge < -0.3 is 0 Å². The van der Waals surface area contributed by atoms with Gasteiger partial charge in [0.2, 0.25) is 0 Å². The maximum Gasteiger partial charge on any atom is 0.177 e. The monoisotopic (exact) mass is 370 g/mol. The maximum absolute atomic E-state index is 4.84. The number of rotatable bonds is 4. The van der Waals surface area contributed by atoms with Crippen LogP contribution < -0.4 is 0 Å². The van der Waals surface area contributed by atoms with E-state index in [0.717, 1.165) is 55.2 Å². The van der Waals surface area contributed by atoms with Crippen molar-refractivity contribution in [2.45, 2.75) is 25.3 Å². The molecule has 0 amide bonds. The van der Waals surface area contributed by atoms with Crippen molar-refractivity contribution in [2.75, 3.05) is 13.1 Å². The van der Waals surface area contributed by atoms with E-state index in [1.807, 2.05) is 47.2 Å². The number of piperidine rings is 1. The molecule has 0 unspecified atom stereocenters. The highest BCUT2D eigenvalue weighted by molar-refractivity contribution is 5.59. The van der Waals surface area contributed by atoms with Crippen LogP contribution in [0.25, 0.3) is 16.9 Å². The third kappa shape index (κ3) is 3.39. The van der Waals surface area contributed by atoms with Crippen molar-refractivity contribution >= 4 is 5.65 Å². The molecule has 0 bridgehead atoms. The third-order valence-corrected chi connectivity index (χ3v) is 5.46. The van der Waals surface area contributed by atoms with Gasteiger partial charge in [-0.05, 0) is 55.8 Å². The molecule has 3 aromatic heterocycles. The van der Waals surface area contributed by atoms with Gasteiger partial charge in [-0.25, -0.2) is 0 Å². The highest BCUT2D eigenvalue weighted by Crippen LogP contribution is 2.28. The summed E-state index contributed by atoms with van der Waals surface area (Å²) in [5.41, 5.74) is 4.19. The smallest absolute Gasteiger partial charge is 0.177 e. The predicted octanol–water partition coefficient (Wildman–Crippen LogP) is 3.57. The average molecular weight is 370 g/mol. The summed E-state index contributed by atoms with van der Waals surface area (Å²) in [6.45, 7) is 3.09. The number of aromatic nitrogens is 5. The first-order chi connectivity index (χ1) is 13.9. The second-order valence-corrected chi connectivity index (χ2v) is 7.32. The van der Waals surface area contributed by atoms with Crippen molar-refractivity contribution in [1.82, 2.24) is 29.7 Å². The van der Waals surface area contributed by atoms with Crippen LogP contribution in [0.4, 0.5) is 0 Å². The third-order valence-electron chi connectivity index (χ3n) is 5.46. The topological polar surface area (TPSA) is 59.2 Å². The minimum atomic E-state index is 0.391. The number of nitrogens with zero attached hydrogens (tertiary/aromatic N) is 6. The molecule has 5 rings (SSSR count). The molecule has 140 valence electrons. The van der Waals surface area contributed by atoms with E-state index in [0.29, 0.717) is 5.92 Å². The lowest BCUT2D eigenvalue weighted by Gasteiger charge is -2.31. The number of hydrogen-bond acceptors (Lipinski definition) is 5. The fourth-order valence-electron chi connectivity index (χ4n) is 3.92. The number of pyridine rings is 1. The minimum absolute atomic E-state index is 0.391. The summed E-state index contributed by atoms with van der Waals surface area (Å²) < 4.78 is 1.94. The van der Waals surface area contributed by atoms with E-state index in [1.165, 1.54) is 5.56 Å². The lowest BCUT2D eigenvalue weighted by atomic mass is 9.96. The van der Waals surface area contributed by atoms with E-state index in [9.17, 15) is 0 Å². The van der Waals surface area contributed by atoms with Gasteiger partial charge >= 0.3 is 0 Å². The van der Waals surface area contributed by atoms with E-state index >= 15 is 0 Å². The summed E-state index contributed by atoms with van der Waals surface area (Å²) >= 11 is 0. The molecule has 4 heterocycles. The summed E-state index contributed by atoms with van der Waals surface area (Å²) in [6, 6.07) is 18.4. The molecule has 1 fully saturated rings. The normalized spacial score (nSPS) is 15.9. The predicted molar refractivity (Wildman–Crippen MR) is 108 cm³/mol.